The molecule has 1 atom stereocenters. The maximum Gasteiger partial charge on any atom is 0.499 e. The van der Waals surface area contributed by atoms with Crippen molar-refractivity contribution in [1.82, 2.24) is 0 Å². The van der Waals surface area contributed by atoms with Gasteiger partial charge in [-0.15, -0.1) is 0 Å². The van der Waals surface area contributed by atoms with E-state index in [-0.39, 0.29) is 18.8 Å². The van der Waals surface area contributed by atoms with Gasteiger partial charge >= 0.3 is 7.12 Å². The number of halogens is 1. The highest BCUT2D eigenvalue weighted by atomic mass is 79.9. The highest BCUT2D eigenvalue weighted by Crippen LogP contribution is 2.38. The van der Waals surface area contributed by atoms with Crippen LogP contribution in [0.1, 0.15) is 38.9 Å². The average Bonchev–Trinajstić information content (AvgIpc) is 2.61. The molecule has 3 rings (SSSR count). The maximum atomic E-state index is 6.05. The molecule has 0 radical (unpaired) electrons. The Morgan fingerprint density at radius 3 is 2.94 bits per heavy atom. The molecule has 0 spiro atoms. The van der Waals surface area contributed by atoms with Crippen LogP contribution in [0.5, 0.6) is 5.75 Å². The van der Waals surface area contributed by atoms with Crippen molar-refractivity contribution in [1.29, 1.82) is 0 Å². The lowest BCUT2D eigenvalue weighted by Gasteiger charge is -2.25. The molecule has 18 heavy (non-hydrogen) atoms. The van der Waals surface area contributed by atoms with E-state index in [1.54, 1.807) is 0 Å². The summed E-state index contributed by atoms with van der Waals surface area (Å²) in [5.74, 6) is 0.889. The summed E-state index contributed by atoms with van der Waals surface area (Å²) in [7, 11) is -0.310. The van der Waals surface area contributed by atoms with Crippen LogP contribution in [0, 0.1) is 0 Å². The fourth-order valence-electron chi connectivity index (χ4n) is 2.53. The van der Waals surface area contributed by atoms with E-state index in [0.717, 1.165) is 22.1 Å². The summed E-state index contributed by atoms with van der Waals surface area (Å²) >= 11 is 3.61. The molecule has 1 unspecified atom stereocenters. The van der Waals surface area contributed by atoms with Crippen LogP contribution in [0.4, 0.5) is 0 Å². The van der Waals surface area contributed by atoms with E-state index in [1.807, 2.05) is 26.0 Å². The van der Waals surface area contributed by atoms with Crippen molar-refractivity contribution in [3.8, 4) is 5.75 Å². The van der Waals surface area contributed by atoms with Crippen molar-refractivity contribution in [3.05, 3.63) is 22.2 Å². The molecule has 1 aromatic carbocycles. The second-order valence-electron chi connectivity index (χ2n) is 5.40. The third kappa shape index (κ3) is 1.89. The Morgan fingerprint density at radius 2 is 2.22 bits per heavy atom. The zero-order valence-corrected chi connectivity index (χ0v) is 12.4. The third-order valence-corrected chi connectivity index (χ3v) is 4.10. The molecular weight excluding hydrogens is 295 g/mol. The van der Waals surface area contributed by atoms with Gasteiger partial charge in [-0.05, 0) is 38.0 Å². The van der Waals surface area contributed by atoms with Gasteiger partial charge in [-0.3, -0.25) is 0 Å². The Balaban J connectivity index is 2.13. The highest BCUT2D eigenvalue weighted by Gasteiger charge is 2.45. The standard InChI is InChI=1S/C13H16BBrO3/c1-4-9-11-8(15)5-6-10-12(11)14(17-9)18-13(2,3)7-16-10/h5-6,9H,4,7H2,1-3H3. The molecule has 0 saturated heterocycles. The Bertz CT molecular complexity index is 489. The molecule has 2 heterocycles. The number of ether oxygens (including phenoxy) is 1. The van der Waals surface area contributed by atoms with E-state index in [4.69, 9.17) is 14.0 Å². The normalized spacial score (nSPS) is 24.4. The van der Waals surface area contributed by atoms with E-state index in [1.165, 1.54) is 5.56 Å². The first-order valence-electron chi connectivity index (χ1n) is 6.30. The van der Waals surface area contributed by atoms with Crippen LogP contribution in [0.2, 0.25) is 0 Å². The summed E-state index contributed by atoms with van der Waals surface area (Å²) in [5.41, 5.74) is 1.90. The van der Waals surface area contributed by atoms with Crippen molar-refractivity contribution >= 4 is 28.5 Å². The number of hydrogen-bond donors (Lipinski definition) is 0. The number of benzene rings is 1. The Kier molecular flexibility index (Phi) is 2.96. The molecule has 5 heteroatoms. The molecule has 0 bridgehead atoms. The topological polar surface area (TPSA) is 27.7 Å². The van der Waals surface area contributed by atoms with Gasteiger partial charge in [0.1, 0.15) is 12.4 Å². The van der Waals surface area contributed by atoms with Crippen molar-refractivity contribution < 1.29 is 14.0 Å². The summed E-state index contributed by atoms with van der Waals surface area (Å²) in [5, 5.41) is 0. The molecule has 3 nitrogen and oxygen atoms in total. The van der Waals surface area contributed by atoms with Gasteiger partial charge in [-0.25, -0.2) is 0 Å². The Hall–Kier alpha value is -0.515. The zero-order valence-electron chi connectivity index (χ0n) is 10.8. The summed E-state index contributed by atoms with van der Waals surface area (Å²) in [6.07, 6.45) is 1.01. The minimum absolute atomic E-state index is 0.0804. The average molecular weight is 311 g/mol. The molecule has 0 N–H and O–H groups in total. The van der Waals surface area contributed by atoms with Gasteiger partial charge in [0.15, 0.2) is 0 Å². The van der Waals surface area contributed by atoms with Gasteiger partial charge in [-0.1, -0.05) is 22.9 Å². The number of hydrogen-bond acceptors (Lipinski definition) is 3. The second kappa shape index (κ2) is 4.25. The largest absolute Gasteiger partial charge is 0.499 e. The summed E-state index contributed by atoms with van der Waals surface area (Å²) in [6, 6.07) is 4.02. The van der Waals surface area contributed by atoms with Crippen molar-refractivity contribution in [2.45, 2.75) is 38.9 Å². The van der Waals surface area contributed by atoms with E-state index < -0.39 is 0 Å². The van der Waals surface area contributed by atoms with E-state index in [0.29, 0.717) is 6.61 Å². The fraction of sp³-hybridized carbons (Fsp3) is 0.538. The van der Waals surface area contributed by atoms with Crippen LogP contribution in [-0.2, 0) is 9.31 Å². The summed E-state index contributed by atoms with van der Waals surface area (Å²) in [6.45, 7) is 6.71. The molecule has 1 aromatic rings. The molecule has 2 aliphatic heterocycles. The van der Waals surface area contributed by atoms with Gasteiger partial charge in [0.05, 0.1) is 11.7 Å². The molecule has 0 amide bonds. The zero-order chi connectivity index (χ0) is 12.9. The molecule has 0 aliphatic carbocycles. The molecule has 0 fully saturated rings. The van der Waals surface area contributed by atoms with E-state index >= 15 is 0 Å². The highest BCUT2D eigenvalue weighted by molar-refractivity contribution is 9.10. The lowest BCUT2D eigenvalue weighted by Crippen LogP contribution is -2.40. The van der Waals surface area contributed by atoms with Crippen LogP contribution in [0.25, 0.3) is 0 Å². The maximum absolute atomic E-state index is 6.05. The Morgan fingerprint density at radius 1 is 1.44 bits per heavy atom. The van der Waals surface area contributed by atoms with E-state index in [9.17, 15) is 0 Å². The van der Waals surface area contributed by atoms with Crippen molar-refractivity contribution in [3.63, 3.8) is 0 Å². The predicted octanol–water partition coefficient (Wildman–Crippen LogP) is 2.81. The van der Waals surface area contributed by atoms with Crippen LogP contribution in [0.15, 0.2) is 16.6 Å². The van der Waals surface area contributed by atoms with Crippen LogP contribution >= 0.6 is 15.9 Å². The minimum Gasteiger partial charge on any atom is -0.491 e. The third-order valence-electron chi connectivity index (χ3n) is 3.41. The van der Waals surface area contributed by atoms with Gasteiger partial charge in [-0.2, -0.15) is 0 Å². The first kappa shape index (κ1) is 12.5. The number of rotatable bonds is 1. The van der Waals surface area contributed by atoms with E-state index in [2.05, 4.69) is 22.9 Å². The van der Waals surface area contributed by atoms with Gasteiger partial charge in [0.25, 0.3) is 0 Å². The van der Waals surface area contributed by atoms with Gasteiger partial charge in [0.2, 0.25) is 0 Å². The molecule has 2 aliphatic rings. The first-order valence-corrected chi connectivity index (χ1v) is 7.09. The lowest BCUT2D eigenvalue weighted by atomic mass is 9.77. The molecule has 0 aromatic heterocycles. The molecule has 0 saturated carbocycles. The van der Waals surface area contributed by atoms with Crippen LogP contribution < -0.4 is 10.2 Å². The first-order chi connectivity index (χ1) is 8.52. The van der Waals surface area contributed by atoms with Crippen LogP contribution in [-0.4, -0.2) is 19.3 Å². The van der Waals surface area contributed by atoms with Crippen LogP contribution in [0.3, 0.4) is 0 Å². The Labute approximate surface area is 116 Å². The van der Waals surface area contributed by atoms with Gasteiger partial charge in [0, 0.05) is 9.94 Å². The fourth-order valence-corrected chi connectivity index (χ4v) is 3.13. The molecule has 96 valence electrons. The summed E-state index contributed by atoms with van der Waals surface area (Å²) < 4.78 is 19.0. The lowest BCUT2D eigenvalue weighted by molar-refractivity contribution is 0.0268. The second-order valence-corrected chi connectivity index (χ2v) is 6.26. The monoisotopic (exact) mass is 310 g/mol. The van der Waals surface area contributed by atoms with Gasteiger partial charge < -0.3 is 14.0 Å². The smallest absolute Gasteiger partial charge is 0.491 e. The minimum atomic E-state index is -0.337. The van der Waals surface area contributed by atoms with Crippen molar-refractivity contribution in [2.75, 3.05) is 6.61 Å². The predicted molar refractivity (Wildman–Crippen MR) is 74.3 cm³/mol. The molecular formula is C13H16BBrO3. The summed E-state index contributed by atoms with van der Waals surface area (Å²) in [4.78, 5) is 0. The SMILES string of the molecule is CCC1OB2OC(C)(C)COc3ccc(Br)c1c32. The quantitative estimate of drug-likeness (QED) is 0.747. The van der Waals surface area contributed by atoms with Crippen molar-refractivity contribution in [2.24, 2.45) is 0 Å².